The molecule has 0 aliphatic heterocycles. The van der Waals surface area contributed by atoms with E-state index < -0.39 is 0 Å². The van der Waals surface area contributed by atoms with Crippen molar-refractivity contribution in [2.45, 2.75) is 46.3 Å². The largest absolute Gasteiger partial charge is 0.337 e. The maximum Gasteiger partial charge on any atom is 0.122 e. The first-order valence-electron chi connectivity index (χ1n) is 5.24. The highest BCUT2D eigenvalue weighted by Crippen LogP contribution is 2.09. The Bertz CT molecular complexity index is 268. The molecule has 1 rings (SSSR count). The lowest BCUT2D eigenvalue weighted by Crippen LogP contribution is -2.37. The van der Waals surface area contributed by atoms with E-state index in [4.69, 9.17) is 0 Å². The minimum absolute atomic E-state index is 0.562. The van der Waals surface area contributed by atoms with Gasteiger partial charge in [-0.25, -0.2) is 4.98 Å². The molecule has 1 heterocycles. The number of nitrogens with zero attached hydrogens (tertiary/aromatic N) is 3. The predicted octanol–water partition coefficient (Wildman–Crippen LogP) is 2.04. The molecule has 14 heavy (non-hydrogen) atoms. The molecular weight excluding hydrogens is 174 g/mol. The van der Waals surface area contributed by atoms with Gasteiger partial charge in [-0.3, -0.25) is 4.90 Å². The summed E-state index contributed by atoms with van der Waals surface area (Å²) in [6, 6.07) is 1.12. The molecule has 0 N–H and O–H groups in total. The molecule has 0 radical (unpaired) electrons. The van der Waals surface area contributed by atoms with Crippen molar-refractivity contribution in [3.05, 3.63) is 18.2 Å². The van der Waals surface area contributed by atoms with Gasteiger partial charge in [-0.15, -0.1) is 0 Å². The van der Waals surface area contributed by atoms with Crippen molar-refractivity contribution < 1.29 is 0 Å². The van der Waals surface area contributed by atoms with Crippen LogP contribution in [-0.4, -0.2) is 26.5 Å². The van der Waals surface area contributed by atoms with E-state index in [2.05, 4.69) is 42.1 Å². The SMILES string of the molecule is CC(C)N(Cc1nccn1C)C(C)C. The van der Waals surface area contributed by atoms with Crippen LogP contribution in [0, 0.1) is 0 Å². The maximum absolute atomic E-state index is 4.34. The third kappa shape index (κ3) is 2.58. The zero-order valence-electron chi connectivity index (χ0n) is 9.86. The molecule has 0 unspecified atom stereocenters. The smallest absolute Gasteiger partial charge is 0.122 e. The second kappa shape index (κ2) is 4.60. The lowest BCUT2D eigenvalue weighted by Gasteiger charge is -2.29. The number of aromatic nitrogens is 2. The van der Waals surface area contributed by atoms with Crippen molar-refractivity contribution in [1.29, 1.82) is 0 Å². The van der Waals surface area contributed by atoms with Crippen LogP contribution in [0.15, 0.2) is 12.4 Å². The molecular formula is C11H21N3. The fourth-order valence-electron chi connectivity index (χ4n) is 1.67. The van der Waals surface area contributed by atoms with E-state index >= 15 is 0 Å². The summed E-state index contributed by atoms with van der Waals surface area (Å²) in [5.41, 5.74) is 0. The standard InChI is InChI=1S/C11H21N3/c1-9(2)14(10(3)4)8-11-12-6-7-13(11)5/h6-7,9-10H,8H2,1-5H3. The summed E-state index contributed by atoms with van der Waals surface area (Å²) >= 11 is 0. The van der Waals surface area contributed by atoms with Crippen molar-refractivity contribution in [2.75, 3.05) is 0 Å². The summed E-state index contributed by atoms with van der Waals surface area (Å²) in [7, 11) is 2.04. The average Bonchev–Trinajstić information content (AvgIpc) is 2.46. The molecule has 3 nitrogen and oxygen atoms in total. The molecule has 0 spiro atoms. The van der Waals surface area contributed by atoms with Gasteiger partial charge in [-0.1, -0.05) is 0 Å². The van der Waals surface area contributed by atoms with Crippen molar-refractivity contribution in [3.63, 3.8) is 0 Å². The Morgan fingerprint density at radius 1 is 1.29 bits per heavy atom. The van der Waals surface area contributed by atoms with Crippen LogP contribution in [-0.2, 0) is 13.6 Å². The third-order valence-electron chi connectivity index (χ3n) is 2.57. The van der Waals surface area contributed by atoms with E-state index in [0.717, 1.165) is 12.4 Å². The van der Waals surface area contributed by atoms with Gasteiger partial charge in [0.05, 0.1) is 6.54 Å². The summed E-state index contributed by atoms with van der Waals surface area (Å²) < 4.78 is 2.08. The van der Waals surface area contributed by atoms with Gasteiger partial charge in [0, 0.05) is 31.5 Å². The van der Waals surface area contributed by atoms with Gasteiger partial charge >= 0.3 is 0 Å². The Hall–Kier alpha value is -0.830. The molecule has 0 aliphatic rings. The molecule has 0 bridgehead atoms. The molecule has 80 valence electrons. The first-order chi connectivity index (χ1) is 6.52. The number of imidazole rings is 1. The zero-order chi connectivity index (χ0) is 10.7. The first kappa shape index (κ1) is 11.2. The highest BCUT2D eigenvalue weighted by atomic mass is 15.2. The Morgan fingerprint density at radius 2 is 1.86 bits per heavy atom. The van der Waals surface area contributed by atoms with E-state index in [1.165, 1.54) is 0 Å². The number of hydrogen-bond donors (Lipinski definition) is 0. The lowest BCUT2D eigenvalue weighted by molar-refractivity contribution is 0.160. The summed E-state index contributed by atoms with van der Waals surface area (Å²) in [6.45, 7) is 9.83. The normalized spacial score (nSPS) is 12.0. The Balaban J connectivity index is 2.70. The van der Waals surface area contributed by atoms with Gasteiger partial charge in [-0.05, 0) is 27.7 Å². The quantitative estimate of drug-likeness (QED) is 0.733. The minimum Gasteiger partial charge on any atom is -0.337 e. The van der Waals surface area contributed by atoms with E-state index in [9.17, 15) is 0 Å². The number of rotatable bonds is 4. The topological polar surface area (TPSA) is 21.1 Å². The predicted molar refractivity (Wildman–Crippen MR) is 59.0 cm³/mol. The molecule has 3 heteroatoms. The summed E-state index contributed by atoms with van der Waals surface area (Å²) in [5.74, 6) is 1.13. The van der Waals surface area contributed by atoms with Gasteiger partial charge < -0.3 is 4.57 Å². The van der Waals surface area contributed by atoms with Crippen molar-refractivity contribution in [1.82, 2.24) is 14.5 Å². The molecule has 0 saturated carbocycles. The van der Waals surface area contributed by atoms with Gasteiger partial charge in [0.2, 0.25) is 0 Å². The summed E-state index contributed by atoms with van der Waals surface area (Å²) in [5, 5.41) is 0. The van der Waals surface area contributed by atoms with Gasteiger partial charge in [0.25, 0.3) is 0 Å². The Labute approximate surface area is 86.7 Å². The molecule has 0 saturated heterocycles. The lowest BCUT2D eigenvalue weighted by atomic mass is 10.2. The third-order valence-corrected chi connectivity index (χ3v) is 2.57. The van der Waals surface area contributed by atoms with Crippen LogP contribution in [0.5, 0.6) is 0 Å². The average molecular weight is 195 g/mol. The highest BCUT2D eigenvalue weighted by molar-refractivity contribution is 4.91. The van der Waals surface area contributed by atoms with Crippen LogP contribution in [0.3, 0.4) is 0 Å². The van der Waals surface area contributed by atoms with Crippen molar-refractivity contribution in [3.8, 4) is 0 Å². The second-order valence-electron chi connectivity index (χ2n) is 4.31. The van der Waals surface area contributed by atoms with E-state index in [-0.39, 0.29) is 0 Å². The number of hydrogen-bond acceptors (Lipinski definition) is 2. The molecule has 1 aromatic rings. The molecule has 0 aliphatic carbocycles. The molecule has 0 fully saturated rings. The van der Waals surface area contributed by atoms with Crippen LogP contribution in [0.4, 0.5) is 0 Å². The zero-order valence-corrected chi connectivity index (χ0v) is 9.86. The minimum atomic E-state index is 0.562. The van der Waals surface area contributed by atoms with Gasteiger partial charge in [-0.2, -0.15) is 0 Å². The van der Waals surface area contributed by atoms with Crippen LogP contribution < -0.4 is 0 Å². The second-order valence-corrected chi connectivity index (χ2v) is 4.31. The van der Waals surface area contributed by atoms with Gasteiger partial charge in [0.1, 0.15) is 5.82 Å². The van der Waals surface area contributed by atoms with Crippen LogP contribution >= 0.6 is 0 Å². The van der Waals surface area contributed by atoms with E-state index in [0.29, 0.717) is 12.1 Å². The van der Waals surface area contributed by atoms with Crippen molar-refractivity contribution >= 4 is 0 Å². The van der Waals surface area contributed by atoms with E-state index in [1.807, 2.05) is 19.4 Å². The fraction of sp³-hybridized carbons (Fsp3) is 0.727. The molecule has 0 atom stereocenters. The molecule has 0 amide bonds. The molecule has 0 aromatic carbocycles. The number of aryl methyl sites for hydroxylation is 1. The van der Waals surface area contributed by atoms with Crippen LogP contribution in [0.25, 0.3) is 0 Å². The molecule has 1 aromatic heterocycles. The Morgan fingerprint density at radius 3 is 2.21 bits per heavy atom. The van der Waals surface area contributed by atoms with E-state index in [1.54, 1.807) is 0 Å². The summed E-state index contributed by atoms with van der Waals surface area (Å²) in [4.78, 5) is 6.77. The Kier molecular flexibility index (Phi) is 3.69. The summed E-state index contributed by atoms with van der Waals surface area (Å²) in [6.07, 6.45) is 3.85. The maximum atomic E-state index is 4.34. The first-order valence-corrected chi connectivity index (χ1v) is 5.24. The van der Waals surface area contributed by atoms with Crippen LogP contribution in [0.1, 0.15) is 33.5 Å². The monoisotopic (exact) mass is 195 g/mol. The van der Waals surface area contributed by atoms with Gasteiger partial charge in [0.15, 0.2) is 0 Å². The van der Waals surface area contributed by atoms with Crippen molar-refractivity contribution in [2.24, 2.45) is 7.05 Å². The highest BCUT2D eigenvalue weighted by Gasteiger charge is 2.15. The fourth-order valence-corrected chi connectivity index (χ4v) is 1.67. The van der Waals surface area contributed by atoms with Crippen LogP contribution in [0.2, 0.25) is 0 Å².